The summed E-state index contributed by atoms with van der Waals surface area (Å²) in [5, 5.41) is 12.5. The summed E-state index contributed by atoms with van der Waals surface area (Å²) in [7, 11) is -3.51. The minimum atomic E-state index is -3.51. The highest BCUT2D eigenvalue weighted by atomic mass is 32.2. The van der Waals surface area contributed by atoms with E-state index in [0.717, 1.165) is 45.1 Å². The first-order valence-electron chi connectivity index (χ1n) is 10.4. The predicted octanol–water partition coefficient (Wildman–Crippen LogP) is 3.37. The van der Waals surface area contributed by atoms with Crippen LogP contribution in [-0.2, 0) is 14.8 Å². The highest BCUT2D eigenvalue weighted by Crippen LogP contribution is 2.28. The van der Waals surface area contributed by atoms with Crippen LogP contribution in [0.5, 0.6) is 0 Å². The molecule has 4 rings (SSSR count). The molecule has 2 fully saturated rings. The summed E-state index contributed by atoms with van der Waals surface area (Å²) >= 11 is 0. The summed E-state index contributed by atoms with van der Waals surface area (Å²) in [5.41, 5.74) is 0.788. The van der Waals surface area contributed by atoms with Gasteiger partial charge in [-0.1, -0.05) is 12.8 Å². The van der Waals surface area contributed by atoms with Crippen molar-refractivity contribution in [1.29, 1.82) is 5.26 Å². The molecule has 160 valence electrons. The molecule has 0 aliphatic carbocycles. The van der Waals surface area contributed by atoms with Crippen molar-refractivity contribution in [2.45, 2.75) is 49.5 Å². The summed E-state index contributed by atoms with van der Waals surface area (Å²) in [4.78, 5) is 4.51. The fraction of sp³-hybridized carbons (Fsp3) is 0.524. The van der Waals surface area contributed by atoms with Gasteiger partial charge >= 0.3 is 0 Å². The Kier molecular flexibility index (Phi) is 6.37. The van der Waals surface area contributed by atoms with E-state index in [2.05, 4.69) is 10.3 Å². The SMILES string of the molecule is N#Cc1nc(-c2ccc(S(=O)(=O)N3CCCCCC3)cc2)oc1NCC1CCCO1. The third-order valence-electron chi connectivity index (χ3n) is 5.55. The molecule has 0 radical (unpaired) electrons. The maximum atomic E-state index is 12.9. The maximum Gasteiger partial charge on any atom is 0.243 e. The second kappa shape index (κ2) is 9.16. The molecule has 1 atom stereocenters. The number of sulfonamides is 1. The largest absolute Gasteiger partial charge is 0.419 e. The zero-order valence-electron chi connectivity index (χ0n) is 16.8. The molecule has 1 unspecified atom stereocenters. The van der Waals surface area contributed by atoms with E-state index in [1.165, 1.54) is 0 Å². The first-order valence-corrected chi connectivity index (χ1v) is 11.9. The molecule has 0 spiro atoms. The van der Waals surface area contributed by atoms with Gasteiger partial charge in [0.15, 0.2) is 0 Å². The van der Waals surface area contributed by atoms with Crippen LogP contribution < -0.4 is 5.32 Å². The second-order valence-corrected chi connectivity index (χ2v) is 9.61. The number of oxazole rings is 1. The van der Waals surface area contributed by atoms with Crippen LogP contribution in [0.4, 0.5) is 5.88 Å². The van der Waals surface area contributed by atoms with Gasteiger partial charge in [0.05, 0.1) is 11.0 Å². The molecule has 0 bridgehead atoms. The van der Waals surface area contributed by atoms with Crippen LogP contribution >= 0.6 is 0 Å². The Morgan fingerprint density at radius 3 is 2.50 bits per heavy atom. The summed E-state index contributed by atoms with van der Waals surface area (Å²) < 4.78 is 38.7. The van der Waals surface area contributed by atoms with Crippen LogP contribution in [0.25, 0.3) is 11.5 Å². The smallest absolute Gasteiger partial charge is 0.243 e. The number of hydrogen-bond donors (Lipinski definition) is 1. The van der Waals surface area contributed by atoms with Gasteiger partial charge in [0.1, 0.15) is 6.07 Å². The third-order valence-corrected chi connectivity index (χ3v) is 7.46. The number of nitriles is 1. The van der Waals surface area contributed by atoms with Crippen molar-refractivity contribution in [3.05, 3.63) is 30.0 Å². The van der Waals surface area contributed by atoms with Crippen molar-refractivity contribution in [3.8, 4) is 17.5 Å². The molecule has 2 aliphatic heterocycles. The highest BCUT2D eigenvalue weighted by Gasteiger charge is 2.25. The Hall–Kier alpha value is -2.41. The lowest BCUT2D eigenvalue weighted by molar-refractivity contribution is 0.120. The van der Waals surface area contributed by atoms with Crippen molar-refractivity contribution >= 4 is 15.9 Å². The van der Waals surface area contributed by atoms with Gasteiger partial charge < -0.3 is 14.5 Å². The van der Waals surface area contributed by atoms with E-state index in [4.69, 9.17) is 9.15 Å². The van der Waals surface area contributed by atoms with Gasteiger partial charge in [-0.15, -0.1) is 0 Å². The van der Waals surface area contributed by atoms with Gasteiger partial charge in [0.2, 0.25) is 27.5 Å². The number of hydrogen-bond acceptors (Lipinski definition) is 7. The molecule has 0 saturated carbocycles. The summed E-state index contributed by atoms with van der Waals surface area (Å²) in [6, 6.07) is 8.52. The first-order chi connectivity index (χ1) is 14.6. The van der Waals surface area contributed by atoms with E-state index in [0.29, 0.717) is 31.1 Å². The van der Waals surface area contributed by atoms with Crippen LogP contribution in [0.15, 0.2) is 33.6 Å². The van der Waals surface area contributed by atoms with Gasteiger partial charge in [-0.2, -0.15) is 14.6 Å². The van der Waals surface area contributed by atoms with Gasteiger partial charge in [0.25, 0.3) is 0 Å². The van der Waals surface area contributed by atoms with Crippen molar-refractivity contribution < 1.29 is 17.6 Å². The molecular formula is C21H26N4O4S. The zero-order chi connectivity index (χ0) is 21.0. The fourth-order valence-electron chi connectivity index (χ4n) is 3.85. The molecule has 1 N–H and O–H groups in total. The van der Waals surface area contributed by atoms with Crippen LogP contribution in [0.2, 0.25) is 0 Å². The van der Waals surface area contributed by atoms with E-state index in [1.54, 1.807) is 28.6 Å². The number of benzene rings is 1. The molecule has 2 aliphatic rings. The molecular weight excluding hydrogens is 404 g/mol. The Bertz CT molecular complexity index is 997. The van der Waals surface area contributed by atoms with Crippen molar-refractivity contribution in [2.24, 2.45) is 0 Å². The second-order valence-electron chi connectivity index (χ2n) is 7.67. The van der Waals surface area contributed by atoms with Gasteiger partial charge in [-0.05, 0) is 49.9 Å². The Labute approximate surface area is 176 Å². The van der Waals surface area contributed by atoms with Crippen LogP contribution in [0.1, 0.15) is 44.2 Å². The number of aromatic nitrogens is 1. The average Bonchev–Trinajstić information content (AvgIpc) is 3.34. The van der Waals surface area contributed by atoms with E-state index in [9.17, 15) is 13.7 Å². The van der Waals surface area contributed by atoms with Crippen LogP contribution in [0.3, 0.4) is 0 Å². The topological polar surface area (TPSA) is 108 Å². The number of nitrogens with zero attached hydrogens (tertiary/aromatic N) is 3. The van der Waals surface area contributed by atoms with Crippen LogP contribution in [-0.4, -0.2) is 50.1 Å². The monoisotopic (exact) mass is 430 g/mol. The molecule has 3 heterocycles. The molecule has 9 heteroatoms. The van der Waals surface area contributed by atoms with Crippen LogP contribution in [0, 0.1) is 11.3 Å². The van der Waals surface area contributed by atoms with Crippen molar-refractivity contribution in [3.63, 3.8) is 0 Å². The minimum absolute atomic E-state index is 0.105. The lowest BCUT2D eigenvalue weighted by Gasteiger charge is -2.19. The Balaban J connectivity index is 1.50. The summed E-state index contributed by atoms with van der Waals surface area (Å²) in [5.74, 6) is 0.587. The number of nitrogens with one attached hydrogen (secondary N) is 1. The zero-order valence-corrected chi connectivity index (χ0v) is 17.7. The molecule has 8 nitrogen and oxygen atoms in total. The number of ether oxygens (including phenoxy) is 1. The Morgan fingerprint density at radius 1 is 1.13 bits per heavy atom. The highest BCUT2D eigenvalue weighted by molar-refractivity contribution is 7.89. The molecule has 2 saturated heterocycles. The molecule has 0 amide bonds. The standard InChI is InChI=1S/C21H26N4O4S/c22-14-19-21(23-15-17-6-5-13-28-17)29-20(24-19)16-7-9-18(10-8-16)30(26,27)25-11-3-1-2-4-12-25/h7-10,17,23H,1-6,11-13,15H2. The van der Waals surface area contributed by atoms with Crippen molar-refractivity contribution in [1.82, 2.24) is 9.29 Å². The lowest BCUT2D eigenvalue weighted by atomic mass is 10.2. The average molecular weight is 431 g/mol. The van der Waals surface area contributed by atoms with E-state index in [-0.39, 0.29) is 22.6 Å². The van der Waals surface area contributed by atoms with Gasteiger partial charge in [-0.25, -0.2) is 8.42 Å². The van der Waals surface area contributed by atoms with Crippen molar-refractivity contribution in [2.75, 3.05) is 31.6 Å². The third kappa shape index (κ3) is 4.51. The van der Waals surface area contributed by atoms with Gasteiger partial charge in [-0.3, -0.25) is 0 Å². The van der Waals surface area contributed by atoms with E-state index in [1.807, 2.05) is 6.07 Å². The maximum absolute atomic E-state index is 12.9. The molecule has 2 aromatic rings. The summed E-state index contributed by atoms with van der Waals surface area (Å²) in [6.07, 6.45) is 6.04. The quantitative estimate of drug-likeness (QED) is 0.748. The lowest BCUT2D eigenvalue weighted by Crippen LogP contribution is -2.31. The molecule has 30 heavy (non-hydrogen) atoms. The number of anilines is 1. The Morgan fingerprint density at radius 2 is 1.87 bits per heavy atom. The minimum Gasteiger partial charge on any atom is -0.419 e. The molecule has 1 aromatic heterocycles. The van der Waals surface area contributed by atoms with Gasteiger partial charge in [0, 0.05) is 31.8 Å². The first kappa shape index (κ1) is 20.8. The van der Waals surface area contributed by atoms with E-state index < -0.39 is 10.0 Å². The normalized spacial score (nSPS) is 20.6. The van der Waals surface area contributed by atoms with E-state index >= 15 is 0 Å². The predicted molar refractivity (Wildman–Crippen MR) is 111 cm³/mol. The molecule has 1 aromatic carbocycles. The fourth-order valence-corrected chi connectivity index (χ4v) is 5.37. The number of rotatable bonds is 6. The summed E-state index contributed by atoms with van der Waals surface area (Å²) in [6.45, 7) is 2.44.